The zero-order chi connectivity index (χ0) is 15.3. The summed E-state index contributed by atoms with van der Waals surface area (Å²) in [6.45, 7) is 2.11. The number of para-hydroxylation sites is 1. The lowest BCUT2D eigenvalue weighted by Crippen LogP contribution is -2.34. The third kappa shape index (κ3) is 1.87. The molecule has 1 aromatic heterocycles. The van der Waals surface area contributed by atoms with Gasteiger partial charge >= 0.3 is 0 Å². The number of amidine groups is 1. The molecule has 4 rings (SSSR count). The lowest BCUT2D eigenvalue weighted by Gasteiger charge is -2.23. The molecule has 3 heterocycles. The molecule has 0 bridgehead atoms. The number of benzene rings is 1. The highest BCUT2D eigenvalue weighted by molar-refractivity contribution is 9.09. The van der Waals surface area contributed by atoms with E-state index in [1.165, 1.54) is 6.34 Å². The average Bonchev–Trinajstić information content (AvgIpc) is 2.80. The number of hydrogen-bond donors (Lipinski definition) is 1. The molecule has 2 unspecified atom stereocenters. The van der Waals surface area contributed by atoms with Gasteiger partial charge < -0.3 is 5.73 Å². The Kier molecular flexibility index (Phi) is 3.00. The molecule has 2 aliphatic heterocycles. The van der Waals surface area contributed by atoms with Crippen molar-refractivity contribution in [3.05, 3.63) is 47.8 Å². The van der Waals surface area contributed by atoms with Gasteiger partial charge in [-0.25, -0.2) is 4.99 Å². The molecule has 110 valence electrons. The molecule has 2 aliphatic rings. The molecule has 2 atom stereocenters. The van der Waals surface area contributed by atoms with Crippen molar-refractivity contribution in [2.24, 2.45) is 15.8 Å². The summed E-state index contributed by atoms with van der Waals surface area (Å²) in [7, 11) is 0. The maximum absolute atomic E-state index is 6.10. The maximum atomic E-state index is 6.10. The standard InChI is InChI=1S/C16H14BrN5/c1-9-14(17)13(15-16(18)20-8-21-22(9)15)11-6-10-4-2-3-5-12(10)19-7-11/h2-9,14H,1H3,(H2,18,20,21). The first kappa shape index (κ1) is 13.5. The van der Waals surface area contributed by atoms with Crippen LogP contribution in [0.3, 0.4) is 0 Å². The summed E-state index contributed by atoms with van der Waals surface area (Å²) in [4.78, 5) is 8.82. The highest BCUT2D eigenvalue weighted by atomic mass is 79.9. The fourth-order valence-corrected chi connectivity index (χ4v) is 3.67. The van der Waals surface area contributed by atoms with E-state index in [4.69, 9.17) is 5.73 Å². The zero-order valence-corrected chi connectivity index (χ0v) is 13.5. The molecular weight excluding hydrogens is 342 g/mol. The van der Waals surface area contributed by atoms with Crippen molar-refractivity contribution < 1.29 is 0 Å². The number of rotatable bonds is 1. The topological polar surface area (TPSA) is 66.9 Å². The monoisotopic (exact) mass is 355 g/mol. The van der Waals surface area contributed by atoms with Crippen LogP contribution in [-0.2, 0) is 0 Å². The number of fused-ring (bicyclic) bond motifs is 2. The molecule has 0 saturated carbocycles. The van der Waals surface area contributed by atoms with E-state index in [1.54, 1.807) is 0 Å². The number of halogens is 1. The summed E-state index contributed by atoms with van der Waals surface area (Å²) < 4.78 is 0. The molecule has 2 aromatic rings. The number of nitrogens with two attached hydrogens (primary N) is 1. The van der Waals surface area contributed by atoms with Crippen molar-refractivity contribution >= 4 is 44.6 Å². The van der Waals surface area contributed by atoms with E-state index in [9.17, 15) is 0 Å². The Bertz CT molecular complexity index is 854. The quantitative estimate of drug-likeness (QED) is 0.799. The van der Waals surface area contributed by atoms with Crippen LogP contribution in [-0.4, -0.2) is 33.0 Å². The van der Waals surface area contributed by atoms with E-state index in [-0.39, 0.29) is 10.9 Å². The van der Waals surface area contributed by atoms with Crippen LogP contribution in [0.5, 0.6) is 0 Å². The minimum Gasteiger partial charge on any atom is -0.382 e. The van der Waals surface area contributed by atoms with Gasteiger partial charge in [-0.3, -0.25) is 9.99 Å². The first-order valence-corrected chi connectivity index (χ1v) is 7.97. The van der Waals surface area contributed by atoms with Crippen LogP contribution in [0.2, 0.25) is 0 Å². The van der Waals surface area contributed by atoms with Crippen molar-refractivity contribution in [2.75, 3.05) is 0 Å². The summed E-state index contributed by atoms with van der Waals surface area (Å²) in [6.07, 6.45) is 3.39. The van der Waals surface area contributed by atoms with Crippen LogP contribution in [0.25, 0.3) is 16.5 Å². The van der Waals surface area contributed by atoms with Crippen LogP contribution in [0.15, 0.2) is 52.3 Å². The molecule has 0 spiro atoms. The van der Waals surface area contributed by atoms with Gasteiger partial charge in [0, 0.05) is 22.7 Å². The number of alkyl halides is 1. The third-order valence-corrected chi connectivity index (χ3v) is 5.31. The van der Waals surface area contributed by atoms with Crippen molar-refractivity contribution in [3.8, 4) is 0 Å². The number of nitrogens with zero attached hydrogens (tertiary/aromatic N) is 4. The number of pyridine rings is 1. The third-order valence-electron chi connectivity index (χ3n) is 4.09. The van der Waals surface area contributed by atoms with Gasteiger partial charge in [-0.1, -0.05) is 34.1 Å². The lowest BCUT2D eigenvalue weighted by molar-refractivity contribution is 0.326. The second kappa shape index (κ2) is 4.91. The minimum absolute atomic E-state index is 0.120. The van der Waals surface area contributed by atoms with E-state index in [2.05, 4.69) is 50.1 Å². The first-order chi connectivity index (χ1) is 10.7. The normalized spacial score (nSPS) is 23.9. The Hall–Kier alpha value is -2.21. The fraction of sp³-hybridized carbons (Fsp3) is 0.188. The number of hydrazone groups is 1. The summed E-state index contributed by atoms with van der Waals surface area (Å²) in [5.41, 5.74) is 10.1. The fourth-order valence-electron chi connectivity index (χ4n) is 2.96. The molecule has 6 heteroatoms. The second-order valence-electron chi connectivity index (χ2n) is 5.41. The van der Waals surface area contributed by atoms with E-state index >= 15 is 0 Å². The summed E-state index contributed by atoms with van der Waals surface area (Å²) in [5, 5.41) is 7.37. The predicted octanol–water partition coefficient (Wildman–Crippen LogP) is 2.73. The molecular formula is C16H14BrN5. The Labute approximate surface area is 136 Å². The molecule has 0 amide bonds. The Morgan fingerprint density at radius 1 is 1.27 bits per heavy atom. The Balaban J connectivity index is 1.93. The molecule has 1 aromatic carbocycles. The Morgan fingerprint density at radius 2 is 2.09 bits per heavy atom. The van der Waals surface area contributed by atoms with Crippen molar-refractivity contribution in [1.82, 2.24) is 9.99 Å². The number of hydrogen-bond acceptors (Lipinski definition) is 5. The van der Waals surface area contributed by atoms with Gasteiger partial charge in [-0.15, -0.1) is 0 Å². The van der Waals surface area contributed by atoms with Crippen LogP contribution < -0.4 is 5.73 Å². The second-order valence-corrected chi connectivity index (χ2v) is 6.40. The van der Waals surface area contributed by atoms with Gasteiger partial charge in [0.25, 0.3) is 0 Å². The highest BCUT2D eigenvalue weighted by Gasteiger charge is 2.40. The minimum atomic E-state index is 0.120. The van der Waals surface area contributed by atoms with Gasteiger partial charge in [0.2, 0.25) is 0 Å². The maximum Gasteiger partial charge on any atom is 0.151 e. The SMILES string of the molecule is CC1C(Br)C(c2cnc3ccccc3c2)=C2C(N)=NC=NN21. The number of aliphatic imine (C=N–C) groups is 1. The van der Waals surface area contributed by atoms with E-state index < -0.39 is 0 Å². The van der Waals surface area contributed by atoms with Crippen LogP contribution in [0.1, 0.15) is 12.5 Å². The highest BCUT2D eigenvalue weighted by Crippen LogP contribution is 2.41. The summed E-state index contributed by atoms with van der Waals surface area (Å²) in [6, 6.07) is 10.4. The van der Waals surface area contributed by atoms with Gasteiger partial charge in [-0.2, -0.15) is 5.10 Å². The molecule has 0 saturated heterocycles. The molecule has 22 heavy (non-hydrogen) atoms. The van der Waals surface area contributed by atoms with Gasteiger partial charge in [0.1, 0.15) is 12.0 Å². The van der Waals surface area contributed by atoms with Gasteiger partial charge in [-0.05, 0) is 19.1 Å². The molecule has 0 fully saturated rings. The first-order valence-electron chi connectivity index (χ1n) is 7.05. The predicted molar refractivity (Wildman–Crippen MR) is 92.8 cm³/mol. The number of aromatic nitrogens is 1. The van der Waals surface area contributed by atoms with Crippen LogP contribution >= 0.6 is 15.9 Å². The van der Waals surface area contributed by atoms with E-state index in [0.717, 1.165) is 27.7 Å². The molecule has 2 N–H and O–H groups in total. The Morgan fingerprint density at radius 3 is 2.95 bits per heavy atom. The van der Waals surface area contributed by atoms with Crippen LogP contribution in [0, 0.1) is 0 Å². The molecule has 0 radical (unpaired) electrons. The van der Waals surface area contributed by atoms with Crippen LogP contribution in [0.4, 0.5) is 0 Å². The molecule has 5 nitrogen and oxygen atoms in total. The summed E-state index contributed by atoms with van der Waals surface area (Å²) in [5.74, 6) is 0.493. The van der Waals surface area contributed by atoms with Gasteiger partial charge in [0.15, 0.2) is 5.84 Å². The largest absolute Gasteiger partial charge is 0.382 e. The lowest BCUT2D eigenvalue weighted by atomic mass is 10.0. The zero-order valence-electron chi connectivity index (χ0n) is 11.9. The van der Waals surface area contributed by atoms with E-state index in [0.29, 0.717) is 5.84 Å². The van der Waals surface area contributed by atoms with E-state index in [1.807, 2.05) is 29.4 Å². The van der Waals surface area contributed by atoms with Crippen molar-refractivity contribution in [1.29, 1.82) is 0 Å². The van der Waals surface area contributed by atoms with Gasteiger partial charge in [0.05, 0.1) is 16.4 Å². The van der Waals surface area contributed by atoms with Crippen molar-refractivity contribution in [2.45, 2.75) is 17.8 Å². The summed E-state index contributed by atoms with van der Waals surface area (Å²) >= 11 is 3.78. The molecule has 0 aliphatic carbocycles. The van der Waals surface area contributed by atoms with Crippen molar-refractivity contribution in [3.63, 3.8) is 0 Å². The smallest absolute Gasteiger partial charge is 0.151 e. The average molecular weight is 356 g/mol.